The number of carbonyl (C=O) groups is 3. The summed E-state index contributed by atoms with van der Waals surface area (Å²) in [5, 5.41) is 16.1. The molecule has 9 heteroatoms. The Morgan fingerprint density at radius 3 is 2.81 bits per heavy atom. The molecule has 3 heterocycles. The van der Waals surface area contributed by atoms with Crippen molar-refractivity contribution in [3.8, 4) is 11.8 Å². The number of nitrogens with one attached hydrogen (secondary N) is 3. The fourth-order valence-electron chi connectivity index (χ4n) is 5.48. The number of methoxy groups -OCH3 is 1. The Bertz CT molecular complexity index is 1420. The smallest absolute Gasteiger partial charge is 0.271 e. The quantitative estimate of drug-likeness (QED) is 0.481. The summed E-state index contributed by atoms with van der Waals surface area (Å²) in [6.45, 7) is 2.91. The highest BCUT2D eigenvalue weighted by molar-refractivity contribution is 6.02. The molecule has 9 nitrogen and oxygen atoms in total. The predicted octanol–water partition coefficient (Wildman–Crippen LogP) is 2.76. The van der Waals surface area contributed by atoms with Gasteiger partial charge in [-0.15, -0.1) is 0 Å². The van der Waals surface area contributed by atoms with Gasteiger partial charge in [0.15, 0.2) is 0 Å². The summed E-state index contributed by atoms with van der Waals surface area (Å²) in [6, 6.07) is 13.4. The van der Waals surface area contributed by atoms with E-state index in [9.17, 15) is 19.6 Å². The molecule has 3 aromatic rings. The maximum Gasteiger partial charge on any atom is 0.271 e. The number of aromatic amines is 1. The summed E-state index contributed by atoms with van der Waals surface area (Å²) < 4.78 is 5.44. The molecule has 3 amide bonds. The molecule has 1 fully saturated rings. The fourth-order valence-corrected chi connectivity index (χ4v) is 5.48. The Morgan fingerprint density at radius 2 is 2.08 bits per heavy atom. The minimum absolute atomic E-state index is 0.0980. The van der Waals surface area contributed by atoms with Gasteiger partial charge in [-0.1, -0.05) is 24.3 Å². The molecule has 0 aliphatic carbocycles. The minimum Gasteiger partial charge on any atom is -0.496 e. The van der Waals surface area contributed by atoms with Gasteiger partial charge < -0.3 is 25.3 Å². The van der Waals surface area contributed by atoms with Crippen LogP contribution in [0.1, 0.15) is 46.1 Å². The van der Waals surface area contributed by atoms with Crippen LogP contribution >= 0.6 is 0 Å². The molecule has 3 atom stereocenters. The molecule has 1 saturated heterocycles. The van der Waals surface area contributed by atoms with Gasteiger partial charge in [0.1, 0.15) is 23.5 Å². The summed E-state index contributed by atoms with van der Waals surface area (Å²) in [6.07, 6.45) is 1.48. The highest BCUT2D eigenvalue weighted by Crippen LogP contribution is 2.34. The van der Waals surface area contributed by atoms with Crippen LogP contribution in [0.25, 0.3) is 10.9 Å². The summed E-state index contributed by atoms with van der Waals surface area (Å²) in [5.41, 5.74) is 3.95. The Kier molecular flexibility index (Phi) is 6.57. The van der Waals surface area contributed by atoms with E-state index in [1.54, 1.807) is 18.1 Å². The Morgan fingerprint density at radius 1 is 1.27 bits per heavy atom. The van der Waals surface area contributed by atoms with Gasteiger partial charge in [0.25, 0.3) is 5.91 Å². The van der Waals surface area contributed by atoms with E-state index in [2.05, 4.69) is 21.7 Å². The first-order chi connectivity index (χ1) is 17.9. The van der Waals surface area contributed by atoms with E-state index in [4.69, 9.17) is 4.74 Å². The average molecular weight is 500 g/mol. The van der Waals surface area contributed by atoms with Gasteiger partial charge in [-0.3, -0.25) is 14.4 Å². The number of nitriles is 1. The number of hydrogen-bond acceptors (Lipinski definition) is 5. The molecular weight excluding hydrogens is 470 g/mol. The van der Waals surface area contributed by atoms with E-state index in [1.165, 1.54) is 0 Å². The van der Waals surface area contributed by atoms with E-state index >= 15 is 0 Å². The molecule has 190 valence electrons. The summed E-state index contributed by atoms with van der Waals surface area (Å²) >= 11 is 0. The second kappa shape index (κ2) is 9.97. The molecule has 5 rings (SSSR count). The lowest BCUT2D eigenvalue weighted by Crippen LogP contribution is -2.49. The minimum atomic E-state index is -0.905. The number of aromatic nitrogens is 1. The van der Waals surface area contributed by atoms with E-state index in [0.29, 0.717) is 37.4 Å². The predicted molar refractivity (Wildman–Crippen MR) is 137 cm³/mol. The standard InChI is InChI=1S/C28H29N5O4/c1-16-5-3-6-20-19(16)10-12-33(28(36)23-14-21-22(32-23)7-4-8-24(21)37-2)25(20)27(35)31-18(15-29)13-17-9-11-30-26(17)34/h3-8,14,17-18,25,32H,9-13H2,1-2H3,(H,30,34)(H,31,35). The maximum absolute atomic E-state index is 13.8. The van der Waals surface area contributed by atoms with Crippen LogP contribution in [0.2, 0.25) is 0 Å². The summed E-state index contributed by atoms with van der Waals surface area (Å²) in [7, 11) is 1.58. The van der Waals surface area contributed by atoms with E-state index in [0.717, 1.165) is 27.6 Å². The van der Waals surface area contributed by atoms with Crippen LogP contribution in [-0.4, -0.2) is 53.8 Å². The molecule has 37 heavy (non-hydrogen) atoms. The lowest BCUT2D eigenvalue weighted by Gasteiger charge is -2.37. The number of hydrogen-bond donors (Lipinski definition) is 3. The number of carbonyl (C=O) groups excluding carboxylic acids is 3. The number of benzene rings is 2. The Labute approximate surface area is 214 Å². The second-order valence-electron chi connectivity index (χ2n) is 9.60. The van der Waals surface area contributed by atoms with Gasteiger partial charge in [0, 0.05) is 29.9 Å². The number of rotatable bonds is 6. The van der Waals surface area contributed by atoms with Crippen LogP contribution in [0, 0.1) is 24.2 Å². The van der Waals surface area contributed by atoms with Crippen LogP contribution in [0.5, 0.6) is 5.75 Å². The first-order valence-corrected chi connectivity index (χ1v) is 12.4. The zero-order valence-corrected chi connectivity index (χ0v) is 20.8. The lowest BCUT2D eigenvalue weighted by molar-refractivity contribution is -0.127. The molecule has 0 radical (unpaired) electrons. The number of nitrogens with zero attached hydrogens (tertiary/aromatic N) is 2. The number of H-pyrrole nitrogens is 1. The molecule has 3 N–H and O–H groups in total. The van der Waals surface area contributed by atoms with Crippen molar-refractivity contribution >= 4 is 28.6 Å². The molecule has 0 bridgehead atoms. The lowest BCUT2D eigenvalue weighted by atomic mass is 9.88. The summed E-state index contributed by atoms with van der Waals surface area (Å²) in [5.74, 6) is -0.508. The summed E-state index contributed by atoms with van der Waals surface area (Å²) in [4.78, 5) is 44.3. The number of amides is 3. The van der Waals surface area contributed by atoms with Crippen molar-refractivity contribution in [1.82, 2.24) is 20.5 Å². The number of ether oxygens (including phenoxy) is 1. The Hall–Kier alpha value is -4.32. The van der Waals surface area contributed by atoms with Crippen molar-refractivity contribution in [3.63, 3.8) is 0 Å². The van der Waals surface area contributed by atoms with Crippen LogP contribution < -0.4 is 15.4 Å². The SMILES string of the molecule is COc1cccc2[nH]c(C(=O)N3CCc4c(C)cccc4C3C(=O)NC(C#N)CC3CCNC3=O)cc12. The Balaban J connectivity index is 1.47. The third-order valence-electron chi connectivity index (χ3n) is 7.39. The van der Waals surface area contributed by atoms with Crippen molar-refractivity contribution in [2.75, 3.05) is 20.2 Å². The van der Waals surface area contributed by atoms with Crippen molar-refractivity contribution in [3.05, 3.63) is 64.8 Å². The van der Waals surface area contributed by atoms with Gasteiger partial charge in [0.2, 0.25) is 11.8 Å². The molecule has 2 aromatic carbocycles. The normalized spacial score (nSPS) is 19.6. The first kappa shape index (κ1) is 24.4. The number of fused-ring (bicyclic) bond motifs is 2. The highest BCUT2D eigenvalue weighted by Gasteiger charge is 2.38. The van der Waals surface area contributed by atoms with Gasteiger partial charge in [-0.05, 0) is 61.1 Å². The van der Waals surface area contributed by atoms with Crippen LogP contribution in [-0.2, 0) is 16.0 Å². The fraction of sp³-hybridized carbons (Fsp3) is 0.357. The number of aryl methyl sites for hydroxylation is 1. The molecule has 1 aromatic heterocycles. The van der Waals surface area contributed by atoms with E-state index < -0.39 is 18.0 Å². The largest absolute Gasteiger partial charge is 0.496 e. The van der Waals surface area contributed by atoms with Crippen molar-refractivity contribution in [2.45, 2.75) is 38.3 Å². The topological polar surface area (TPSA) is 127 Å². The maximum atomic E-state index is 13.8. The van der Waals surface area contributed by atoms with Gasteiger partial charge >= 0.3 is 0 Å². The van der Waals surface area contributed by atoms with Crippen LogP contribution in [0.15, 0.2) is 42.5 Å². The molecular formula is C28H29N5O4. The molecule has 2 aliphatic heterocycles. The van der Waals surface area contributed by atoms with Crippen LogP contribution in [0.4, 0.5) is 0 Å². The molecule has 2 aliphatic rings. The van der Waals surface area contributed by atoms with Gasteiger partial charge in [-0.25, -0.2) is 0 Å². The second-order valence-corrected chi connectivity index (χ2v) is 9.60. The molecule has 0 saturated carbocycles. The highest BCUT2D eigenvalue weighted by atomic mass is 16.5. The molecule has 3 unspecified atom stereocenters. The van der Waals surface area contributed by atoms with Crippen molar-refractivity contribution < 1.29 is 19.1 Å². The monoisotopic (exact) mass is 499 g/mol. The third-order valence-corrected chi connectivity index (χ3v) is 7.39. The van der Waals surface area contributed by atoms with Crippen LogP contribution in [0.3, 0.4) is 0 Å². The first-order valence-electron chi connectivity index (χ1n) is 12.4. The van der Waals surface area contributed by atoms with Crippen molar-refractivity contribution in [1.29, 1.82) is 5.26 Å². The third kappa shape index (κ3) is 4.51. The average Bonchev–Trinajstić information content (AvgIpc) is 3.53. The van der Waals surface area contributed by atoms with E-state index in [-0.39, 0.29) is 24.2 Å². The zero-order chi connectivity index (χ0) is 26.1. The van der Waals surface area contributed by atoms with Crippen molar-refractivity contribution in [2.24, 2.45) is 5.92 Å². The molecule has 0 spiro atoms. The van der Waals surface area contributed by atoms with E-state index in [1.807, 2.05) is 43.3 Å². The van der Waals surface area contributed by atoms with Gasteiger partial charge in [-0.2, -0.15) is 5.26 Å². The van der Waals surface area contributed by atoms with Gasteiger partial charge in [0.05, 0.1) is 13.2 Å². The zero-order valence-electron chi connectivity index (χ0n) is 20.8.